The SMILES string of the molecule is CC[C@@](Cc1ccccc1)(NC(=O)c1ccco1)C(=O)O. The minimum absolute atomic E-state index is 0.0992. The zero-order valence-corrected chi connectivity index (χ0v) is 11.7. The van der Waals surface area contributed by atoms with Gasteiger partial charge in [0.2, 0.25) is 0 Å². The molecule has 1 amide bonds. The highest BCUT2D eigenvalue weighted by atomic mass is 16.4. The van der Waals surface area contributed by atoms with Gasteiger partial charge in [0.05, 0.1) is 6.26 Å². The maximum Gasteiger partial charge on any atom is 0.329 e. The minimum atomic E-state index is -1.36. The molecule has 2 N–H and O–H groups in total. The largest absolute Gasteiger partial charge is 0.479 e. The third-order valence-electron chi connectivity index (χ3n) is 3.46. The molecule has 110 valence electrons. The summed E-state index contributed by atoms with van der Waals surface area (Å²) >= 11 is 0. The van der Waals surface area contributed by atoms with Crippen LogP contribution in [0.3, 0.4) is 0 Å². The van der Waals surface area contributed by atoms with Crippen LogP contribution in [0.1, 0.15) is 29.5 Å². The molecular weight excluding hydrogens is 270 g/mol. The number of rotatable bonds is 6. The first-order chi connectivity index (χ1) is 10.1. The fraction of sp³-hybridized carbons (Fsp3) is 0.250. The Morgan fingerprint density at radius 3 is 2.43 bits per heavy atom. The van der Waals surface area contributed by atoms with E-state index in [9.17, 15) is 14.7 Å². The smallest absolute Gasteiger partial charge is 0.329 e. The molecule has 0 radical (unpaired) electrons. The van der Waals surface area contributed by atoms with E-state index in [1.54, 1.807) is 13.0 Å². The average Bonchev–Trinajstić information content (AvgIpc) is 3.01. The summed E-state index contributed by atoms with van der Waals surface area (Å²) in [5, 5.41) is 12.2. The van der Waals surface area contributed by atoms with Gasteiger partial charge in [-0.15, -0.1) is 0 Å². The van der Waals surface area contributed by atoms with E-state index in [4.69, 9.17) is 4.42 Å². The number of carbonyl (C=O) groups is 2. The molecule has 0 unspecified atom stereocenters. The number of hydrogen-bond acceptors (Lipinski definition) is 3. The summed E-state index contributed by atoms with van der Waals surface area (Å²) in [4.78, 5) is 23.8. The van der Waals surface area contributed by atoms with Crippen LogP contribution >= 0.6 is 0 Å². The molecule has 0 saturated heterocycles. The van der Waals surface area contributed by atoms with Crippen molar-refractivity contribution in [3.05, 3.63) is 60.1 Å². The number of carboxylic acids is 1. The summed E-state index contributed by atoms with van der Waals surface area (Å²) in [5.74, 6) is -1.49. The molecule has 0 spiro atoms. The Hall–Kier alpha value is -2.56. The van der Waals surface area contributed by atoms with Crippen molar-refractivity contribution < 1.29 is 19.1 Å². The van der Waals surface area contributed by atoms with Crippen molar-refractivity contribution in [2.24, 2.45) is 0 Å². The van der Waals surface area contributed by atoms with Crippen molar-refractivity contribution in [1.82, 2.24) is 5.32 Å². The summed E-state index contributed by atoms with van der Waals surface area (Å²) in [6, 6.07) is 12.3. The topological polar surface area (TPSA) is 79.5 Å². The summed E-state index contributed by atoms with van der Waals surface area (Å²) in [5.41, 5.74) is -0.507. The van der Waals surface area contributed by atoms with E-state index in [2.05, 4.69) is 5.32 Å². The molecule has 1 aromatic heterocycles. The third-order valence-corrected chi connectivity index (χ3v) is 3.46. The number of benzene rings is 1. The Kier molecular flexibility index (Phi) is 4.42. The number of carboxylic acid groups (broad SMARTS) is 1. The molecule has 0 aliphatic rings. The monoisotopic (exact) mass is 287 g/mol. The number of aliphatic carboxylic acids is 1. The normalized spacial score (nSPS) is 13.4. The van der Waals surface area contributed by atoms with Crippen molar-refractivity contribution in [1.29, 1.82) is 0 Å². The lowest BCUT2D eigenvalue weighted by Gasteiger charge is -2.29. The molecule has 1 heterocycles. The lowest BCUT2D eigenvalue weighted by Crippen LogP contribution is -2.55. The first-order valence-corrected chi connectivity index (χ1v) is 6.71. The van der Waals surface area contributed by atoms with Gasteiger partial charge in [-0.25, -0.2) is 4.79 Å². The second-order valence-corrected chi connectivity index (χ2v) is 4.83. The van der Waals surface area contributed by atoms with E-state index < -0.39 is 17.4 Å². The number of furan rings is 1. The zero-order chi connectivity index (χ0) is 15.3. The number of carbonyl (C=O) groups excluding carboxylic acids is 1. The molecule has 1 aromatic carbocycles. The van der Waals surface area contributed by atoms with Gasteiger partial charge in [-0.05, 0) is 24.1 Å². The van der Waals surface area contributed by atoms with E-state index in [-0.39, 0.29) is 18.6 Å². The molecule has 21 heavy (non-hydrogen) atoms. The highest BCUT2D eigenvalue weighted by molar-refractivity contribution is 5.95. The Labute approximate surface area is 122 Å². The van der Waals surface area contributed by atoms with Crippen LogP contribution in [0.15, 0.2) is 53.1 Å². The molecule has 0 saturated carbocycles. The van der Waals surface area contributed by atoms with Crippen LogP contribution in [0.2, 0.25) is 0 Å². The van der Waals surface area contributed by atoms with Crippen molar-refractivity contribution in [2.75, 3.05) is 0 Å². The molecule has 2 aromatic rings. The predicted molar refractivity (Wildman–Crippen MR) is 77.0 cm³/mol. The highest BCUT2D eigenvalue weighted by Crippen LogP contribution is 2.19. The number of nitrogens with one attached hydrogen (secondary N) is 1. The van der Waals surface area contributed by atoms with Crippen LogP contribution in [0, 0.1) is 0 Å². The van der Waals surface area contributed by atoms with Crippen molar-refractivity contribution in [2.45, 2.75) is 25.3 Å². The van der Waals surface area contributed by atoms with Crippen molar-refractivity contribution >= 4 is 11.9 Å². The Bertz CT molecular complexity index is 606. The predicted octanol–water partition coefficient (Wildman–Crippen LogP) is 2.49. The third kappa shape index (κ3) is 3.31. The zero-order valence-electron chi connectivity index (χ0n) is 11.7. The fourth-order valence-corrected chi connectivity index (χ4v) is 2.17. The van der Waals surface area contributed by atoms with Crippen LogP contribution in [-0.2, 0) is 11.2 Å². The Morgan fingerprint density at radius 2 is 1.90 bits per heavy atom. The Morgan fingerprint density at radius 1 is 1.19 bits per heavy atom. The van der Waals surface area contributed by atoms with Crippen LogP contribution in [-0.4, -0.2) is 22.5 Å². The molecule has 0 bridgehead atoms. The summed E-state index contributed by atoms with van der Waals surface area (Å²) in [7, 11) is 0. The minimum Gasteiger partial charge on any atom is -0.479 e. The van der Waals surface area contributed by atoms with E-state index in [0.717, 1.165) is 5.56 Å². The second-order valence-electron chi connectivity index (χ2n) is 4.83. The van der Waals surface area contributed by atoms with Gasteiger partial charge in [-0.3, -0.25) is 4.79 Å². The molecule has 0 aliphatic carbocycles. The molecule has 0 aliphatic heterocycles. The van der Waals surface area contributed by atoms with Gasteiger partial charge in [0, 0.05) is 6.42 Å². The first kappa shape index (κ1) is 14.8. The van der Waals surface area contributed by atoms with Crippen molar-refractivity contribution in [3.63, 3.8) is 0 Å². The number of amides is 1. The van der Waals surface area contributed by atoms with Crippen LogP contribution < -0.4 is 5.32 Å². The average molecular weight is 287 g/mol. The summed E-state index contributed by atoms with van der Waals surface area (Å²) in [6.07, 6.45) is 1.86. The van der Waals surface area contributed by atoms with E-state index >= 15 is 0 Å². The molecule has 5 heteroatoms. The van der Waals surface area contributed by atoms with E-state index in [0.29, 0.717) is 0 Å². The van der Waals surface area contributed by atoms with Gasteiger partial charge in [0.1, 0.15) is 5.54 Å². The van der Waals surface area contributed by atoms with E-state index in [1.807, 2.05) is 30.3 Å². The standard InChI is InChI=1S/C16H17NO4/c1-2-16(15(19)20,11-12-7-4-3-5-8-12)17-14(18)13-9-6-10-21-13/h3-10H,2,11H2,1H3,(H,17,18)(H,19,20)/t16-/m0/s1. The van der Waals surface area contributed by atoms with Crippen LogP contribution in [0.4, 0.5) is 0 Å². The maximum atomic E-state index is 12.1. The van der Waals surface area contributed by atoms with Gasteiger partial charge in [0.15, 0.2) is 5.76 Å². The lowest BCUT2D eigenvalue weighted by molar-refractivity contribution is -0.144. The molecule has 0 fully saturated rings. The fourth-order valence-electron chi connectivity index (χ4n) is 2.17. The van der Waals surface area contributed by atoms with Gasteiger partial charge in [0.25, 0.3) is 5.91 Å². The summed E-state index contributed by atoms with van der Waals surface area (Å²) in [6.45, 7) is 1.74. The maximum absolute atomic E-state index is 12.1. The van der Waals surface area contributed by atoms with E-state index in [1.165, 1.54) is 12.3 Å². The second kappa shape index (κ2) is 6.26. The lowest BCUT2D eigenvalue weighted by atomic mass is 9.88. The van der Waals surface area contributed by atoms with Crippen LogP contribution in [0.25, 0.3) is 0 Å². The molecule has 1 atom stereocenters. The van der Waals surface area contributed by atoms with Gasteiger partial charge in [-0.2, -0.15) is 0 Å². The van der Waals surface area contributed by atoms with Crippen molar-refractivity contribution in [3.8, 4) is 0 Å². The number of hydrogen-bond donors (Lipinski definition) is 2. The van der Waals surface area contributed by atoms with Gasteiger partial charge in [-0.1, -0.05) is 37.3 Å². The Balaban J connectivity index is 2.25. The molecular formula is C16H17NO4. The highest BCUT2D eigenvalue weighted by Gasteiger charge is 2.39. The quantitative estimate of drug-likeness (QED) is 0.855. The first-order valence-electron chi connectivity index (χ1n) is 6.71. The molecule has 2 rings (SSSR count). The van der Waals surface area contributed by atoms with Crippen LogP contribution in [0.5, 0.6) is 0 Å². The van der Waals surface area contributed by atoms with Gasteiger partial charge < -0.3 is 14.8 Å². The van der Waals surface area contributed by atoms with Gasteiger partial charge >= 0.3 is 5.97 Å². The molecule has 5 nitrogen and oxygen atoms in total. The summed E-state index contributed by atoms with van der Waals surface area (Å²) < 4.78 is 5.01.